The van der Waals surface area contributed by atoms with Crippen LogP contribution < -0.4 is 5.53 Å². The topological polar surface area (TPSA) is 46.1 Å². The van der Waals surface area contributed by atoms with Gasteiger partial charge in [0.15, 0.2) is 0 Å². The van der Waals surface area contributed by atoms with Crippen molar-refractivity contribution in [3.05, 3.63) is 47.4 Å². The predicted octanol–water partition coefficient (Wildman–Crippen LogP) is 4.58. The molecule has 0 saturated carbocycles. The number of unbranched alkanes of at least 4 members (excludes halogenated alkanes) is 3. The second kappa shape index (κ2) is 10.6. The Hall–Kier alpha value is -2.17. The fourth-order valence-corrected chi connectivity index (χ4v) is 2.75. The van der Waals surface area contributed by atoms with Gasteiger partial charge in [0.2, 0.25) is 5.76 Å². The number of benzene rings is 1. The maximum Gasteiger partial charge on any atom is 0.277 e. The highest BCUT2D eigenvalue weighted by Gasteiger charge is 2.24. The highest BCUT2D eigenvalue weighted by Crippen LogP contribution is 2.21. The van der Waals surface area contributed by atoms with E-state index in [4.69, 9.17) is 9.47 Å². The van der Waals surface area contributed by atoms with Crippen LogP contribution in [-0.4, -0.2) is 24.1 Å². The number of allylic oxidation sites excluding steroid dienone is 1. The number of hydrogen-bond acceptors (Lipinski definition) is 5. The van der Waals surface area contributed by atoms with Crippen LogP contribution in [0.25, 0.3) is 0 Å². The zero-order chi connectivity index (χ0) is 17.9. The molecule has 1 aromatic carbocycles. The molecule has 0 radical (unpaired) electrons. The molecule has 25 heavy (non-hydrogen) atoms. The first kappa shape index (κ1) is 19.2. The van der Waals surface area contributed by atoms with Crippen LogP contribution in [-0.2, 0) is 16.1 Å². The number of ether oxygens (including phenoxy) is 2. The lowest BCUT2D eigenvalue weighted by atomic mass is 10.2. The highest BCUT2D eigenvalue weighted by molar-refractivity contribution is 5.92. The molecule has 0 amide bonds. The quantitative estimate of drug-likeness (QED) is 0.631. The third-order valence-corrected chi connectivity index (χ3v) is 4.17. The summed E-state index contributed by atoms with van der Waals surface area (Å²) in [6, 6.07) is 10.1. The highest BCUT2D eigenvalue weighted by atomic mass is 16.5. The summed E-state index contributed by atoms with van der Waals surface area (Å²) in [6.45, 7) is 8.43. The molecule has 1 heterocycles. The lowest BCUT2D eigenvalue weighted by molar-refractivity contribution is 0.152. The van der Waals surface area contributed by atoms with Crippen molar-refractivity contribution in [3.63, 3.8) is 0 Å². The molecule has 1 aliphatic rings. The molecule has 0 aliphatic carbocycles. The minimum Gasteiger partial charge on any atom is -0.487 e. The van der Waals surface area contributed by atoms with E-state index < -0.39 is 0 Å². The first-order valence-electron chi connectivity index (χ1n) is 9.44. The Morgan fingerprint density at radius 2 is 1.80 bits per heavy atom. The zero-order valence-corrected chi connectivity index (χ0v) is 15.8. The van der Waals surface area contributed by atoms with Gasteiger partial charge < -0.3 is 9.47 Å². The Bertz CT molecular complexity index is 570. The predicted molar refractivity (Wildman–Crippen MR) is 102 cm³/mol. The van der Waals surface area contributed by atoms with Gasteiger partial charge in [-0.15, -0.1) is 5.10 Å². The summed E-state index contributed by atoms with van der Waals surface area (Å²) in [4.78, 5) is 0. The minimum absolute atomic E-state index is 0.479. The third-order valence-electron chi connectivity index (χ3n) is 4.17. The normalized spacial score (nSPS) is 14.2. The molecule has 138 valence electrons. The molecule has 0 unspecified atom stereocenters. The van der Waals surface area contributed by atoms with Gasteiger partial charge in [0, 0.05) is 6.54 Å². The van der Waals surface area contributed by atoms with Crippen LogP contribution in [0, 0.1) is 0 Å². The van der Waals surface area contributed by atoms with Crippen molar-refractivity contribution in [2.24, 2.45) is 5.10 Å². The molecule has 2 rings (SSSR count). The smallest absolute Gasteiger partial charge is 0.277 e. The number of nitrogens with zero attached hydrogens (tertiary/aromatic N) is 2. The van der Waals surface area contributed by atoms with Crippen LogP contribution in [0.2, 0.25) is 0 Å². The summed E-state index contributed by atoms with van der Waals surface area (Å²) >= 11 is 0. The van der Waals surface area contributed by atoms with E-state index in [9.17, 15) is 0 Å². The van der Waals surface area contributed by atoms with Crippen molar-refractivity contribution >= 4 is 5.90 Å². The summed E-state index contributed by atoms with van der Waals surface area (Å²) in [5.41, 5.74) is 5.26. The molecule has 5 nitrogen and oxygen atoms in total. The molecule has 0 spiro atoms. The van der Waals surface area contributed by atoms with E-state index in [1.54, 1.807) is 0 Å². The number of hydrazone groups is 1. The Balaban J connectivity index is 2.04. The summed E-state index contributed by atoms with van der Waals surface area (Å²) in [5, 5.41) is 6.39. The van der Waals surface area contributed by atoms with E-state index in [1.165, 1.54) is 19.3 Å². The number of rotatable bonds is 10. The average Bonchev–Trinajstić information content (AvgIpc) is 2.66. The van der Waals surface area contributed by atoms with E-state index in [0.717, 1.165) is 36.4 Å². The van der Waals surface area contributed by atoms with E-state index in [1.807, 2.05) is 35.3 Å². The van der Waals surface area contributed by atoms with E-state index in [-0.39, 0.29) is 0 Å². The minimum atomic E-state index is 0.479. The molecule has 0 saturated heterocycles. The molecule has 0 bridgehead atoms. The summed E-state index contributed by atoms with van der Waals surface area (Å²) < 4.78 is 12.1. The van der Waals surface area contributed by atoms with E-state index in [0.29, 0.717) is 19.1 Å². The first-order valence-corrected chi connectivity index (χ1v) is 9.44. The van der Waals surface area contributed by atoms with Gasteiger partial charge in [-0.3, -0.25) is 5.01 Å². The van der Waals surface area contributed by atoms with Gasteiger partial charge in [0.1, 0.15) is 6.61 Å². The largest absolute Gasteiger partial charge is 0.487 e. The molecule has 5 heteroatoms. The van der Waals surface area contributed by atoms with Gasteiger partial charge in [-0.1, -0.05) is 63.4 Å². The summed E-state index contributed by atoms with van der Waals surface area (Å²) in [5.74, 6) is 1.32. The Kier molecular flexibility index (Phi) is 8.16. The standard InChI is InChI=1S/C20H31N3O2/c1-4-7-8-12-15-24-19-18(5-2)23(6-3)22-21-20(19)25-16-17-13-10-9-11-14-17/h9-11,13-14,22H,4-8,12,15-16H2,1-3H3. The molecule has 0 atom stereocenters. The van der Waals surface area contributed by atoms with Crippen molar-refractivity contribution < 1.29 is 9.47 Å². The Morgan fingerprint density at radius 1 is 1.00 bits per heavy atom. The molecule has 1 N–H and O–H groups in total. The maximum atomic E-state index is 6.11. The van der Waals surface area contributed by atoms with Crippen molar-refractivity contribution in [3.8, 4) is 0 Å². The van der Waals surface area contributed by atoms with Crippen molar-refractivity contribution in [2.75, 3.05) is 13.2 Å². The number of hydrazine groups is 1. The molecule has 0 aromatic heterocycles. The third kappa shape index (κ3) is 5.69. The van der Waals surface area contributed by atoms with Crippen LogP contribution >= 0.6 is 0 Å². The SMILES string of the molecule is CCCCCCOC1=C(CC)N(CC)NN=C1OCc1ccccc1. The molecule has 1 aliphatic heterocycles. The lowest BCUT2D eigenvalue weighted by Crippen LogP contribution is -2.40. The monoisotopic (exact) mass is 345 g/mol. The first-order chi connectivity index (χ1) is 12.3. The van der Waals surface area contributed by atoms with Crippen LogP contribution in [0.15, 0.2) is 46.9 Å². The summed E-state index contributed by atoms with van der Waals surface area (Å²) in [6.07, 6.45) is 5.58. The van der Waals surface area contributed by atoms with Gasteiger partial charge in [0.25, 0.3) is 5.90 Å². The van der Waals surface area contributed by atoms with Gasteiger partial charge in [-0.25, -0.2) is 5.53 Å². The fourth-order valence-electron chi connectivity index (χ4n) is 2.75. The molecule has 1 aromatic rings. The second-order valence-corrected chi connectivity index (χ2v) is 6.07. The van der Waals surface area contributed by atoms with Crippen molar-refractivity contribution in [2.45, 2.75) is 59.5 Å². The van der Waals surface area contributed by atoms with Gasteiger partial charge in [0.05, 0.1) is 12.3 Å². The van der Waals surface area contributed by atoms with Gasteiger partial charge in [-0.05, 0) is 25.3 Å². The van der Waals surface area contributed by atoms with Crippen LogP contribution in [0.5, 0.6) is 0 Å². The van der Waals surface area contributed by atoms with Crippen LogP contribution in [0.4, 0.5) is 0 Å². The second-order valence-electron chi connectivity index (χ2n) is 6.07. The van der Waals surface area contributed by atoms with Crippen LogP contribution in [0.1, 0.15) is 58.4 Å². The fraction of sp³-hybridized carbons (Fsp3) is 0.550. The van der Waals surface area contributed by atoms with Crippen molar-refractivity contribution in [1.82, 2.24) is 10.5 Å². The summed E-state index contributed by atoms with van der Waals surface area (Å²) in [7, 11) is 0. The molecular weight excluding hydrogens is 314 g/mol. The van der Waals surface area contributed by atoms with E-state index >= 15 is 0 Å². The Labute approximate surface area is 151 Å². The van der Waals surface area contributed by atoms with Crippen LogP contribution in [0.3, 0.4) is 0 Å². The van der Waals surface area contributed by atoms with Crippen molar-refractivity contribution in [1.29, 1.82) is 0 Å². The van der Waals surface area contributed by atoms with Gasteiger partial charge >= 0.3 is 0 Å². The Morgan fingerprint density at radius 3 is 2.48 bits per heavy atom. The van der Waals surface area contributed by atoms with E-state index in [2.05, 4.69) is 31.4 Å². The number of nitrogens with one attached hydrogen (secondary N) is 1. The maximum absolute atomic E-state index is 6.11. The lowest BCUT2D eigenvalue weighted by Gasteiger charge is -2.31. The average molecular weight is 345 g/mol. The number of hydrogen-bond donors (Lipinski definition) is 1. The van der Waals surface area contributed by atoms with Gasteiger partial charge in [-0.2, -0.15) is 0 Å². The molecular formula is C20H31N3O2. The molecule has 0 fully saturated rings. The zero-order valence-electron chi connectivity index (χ0n) is 15.8.